The molecule has 0 aliphatic carbocycles. The van der Waals surface area contributed by atoms with Crippen LogP contribution in [0.1, 0.15) is 39.5 Å². The largest absolute Gasteiger partial charge is 0.402 e. The maximum absolute atomic E-state index is 11.2. The zero-order valence-corrected chi connectivity index (χ0v) is 11.9. The highest BCUT2D eigenvalue weighted by molar-refractivity contribution is 7.81. The van der Waals surface area contributed by atoms with E-state index in [0.29, 0.717) is 13.0 Å². The number of hydrogen-bond donors (Lipinski definition) is 2. The Labute approximate surface area is 109 Å². The molecule has 0 radical (unpaired) electrons. The van der Waals surface area contributed by atoms with Crippen molar-refractivity contribution in [3.63, 3.8) is 0 Å². The molecule has 0 rings (SSSR count). The zero-order chi connectivity index (χ0) is 13.1. The molecule has 0 bridgehead atoms. The summed E-state index contributed by atoms with van der Waals surface area (Å²) in [7, 11) is -4.08. The van der Waals surface area contributed by atoms with Crippen molar-refractivity contribution in [2.24, 2.45) is 0 Å². The molecule has 112 valence electrons. The van der Waals surface area contributed by atoms with Gasteiger partial charge in [-0.3, -0.25) is 0 Å². The van der Waals surface area contributed by atoms with E-state index in [1.54, 1.807) is 6.92 Å². The van der Waals surface area contributed by atoms with E-state index in [-0.39, 0.29) is 19.4 Å². The lowest BCUT2D eigenvalue weighted by atomic mass is 10.3. The predicted octanol–water partition coefficient (Wildman–Crippen LogP) is 1.36. The van der Waals surface area contributed by atoms with Crippen molar-refractivity contribution in [1.29, 1.82) is 0 Å². The first kappa shape index (κ1) is 20.1. The molecule has 4 N–H and O–H groups in total. The number of rotatable bonds is 11. The van der Waals surface area contributed by atoms with Crippen molar-refractivity contribution in [2.45, 2.75) is 45.8 Å². The fraction of sp³-hybridized carbons (Fsp3) is 1.00. The van der Waals surface area contributed by atoms with Crippen LogP contribution < -0.4 is 6.15 Å². The number of ether oxygens (including phenoxy) is 1. The number of aliphatic hydroxyl groups is 1. The second-order valence-corrected chi connectivity index (χ2v) is 4.71. The predicted molar refractivity (Wildman–Crippen MR) is 67.6 cm³/mol. The van der Waals surface area contributed by atoms with E-state index in [1.165, 1.54) is 0 Å². The molecule has 0 aliphatic heterocycles. The van der Waals surface area contributed by atoms with E-state index < -0.39 is 16.7 Å². The van der Waals surface area contributed by atoms with Crippen LogP contribution in [0.2, 0.25) is 0 Å². The summed E-state index contributed by atoms with van der Waals surface area (Å²) in [4.78, 5) is 0. The van der Waals surface area contributed by atoms with Gasteiger partial charge >= 0.3 is 10.4 Å². The minimum atomic E-state index is -4.08. The smallest absolute Gasteiger partial charge is 0.394 e. The Kier molecular flexibility index (Phi) is 13.2. The van der Waals surface area contributed by atoms with Crippen molar-refractivity contribution in [3.05, 3.63) is 0 Å². The molecule has 0 aromatic heterocycles. The summed E-state index contributed by atoms with van der Waals surface area (Å²) in [5, 5.41) is 8.45. The highest BCUT2D eigenvalue weighted by atomic mass is 32.3. The van der Waals surface area contributed by atoms with Gasteiger partial charge in [0.05, 0.1) is 13.2 Å². The maximum Gasteiger partial charge on any atom is 0.402 e. The number of unbranched alkanes of at least 4 members (excludes halogenated alkanes) is 2. The second-order valence-electron chi connectivity index (χ2n) is 3.47. The lowest BCUT2D eigenvalue weighted by Gasteiger charge is -2.15. The highest BCUT2D eigenvalue weighted by Gasteiger charge is 2.19. The molecule has 0 saturated carbocycles. The molecule has 1 atom stereocenters. The van der Waals surface area contributed by atoms with Gasteiger partial charge in [0.25, 0.3) is 0 Å². The Balaban J connectivity index is 0. The van der Waals surface area contributed by atoms with Gasteiger partial charge in [0, 0.05) is 6.61 Å². The Morgan fingerprint density at radius 1 is 1.17 bits per heavy atom. The van der Waals surface area contributed by atoms with Crippen LogP contribution in [-0.4, -0.2) is 39.6 Å². The molecule has 0 heterocycles. The average molecular weight is 287 g/mol. The molecule has 7 nitrogen and oxygen atoms in total. The third-order valence-corrected chi connectivity index (χ3v) is 2.83. The average Bonchev–Trinajstić information content (AvgIpc) is 2.30. The molecular weight excluding hydrogens is 262 g/mol. The topological polar surface area (TPSA) is 117 Å². The van der Waals surface area contributed by atoms with Crippen LogP contribution in [0, 0.1) is 0 Å². The Hall–Kier alpha value is -0.250. The molecule has 0 spiro atoms. The van der Waals surface area contributed by atoms with Gasteiger partial charge in [-0.2, -0.15) is 8.42 Å². The summed E-state index contributed by atoms with van der Waals surface area (Å²) >= 11 is 0. The van der Waals surface area contributed by atoms with Gasteiger partial charge in [-0.1, -0.05) is 26.7 Å². The van der Waals surface area contributed by atoms with Gasteiger partial charge in [0.1, 0.15) is 0 Å². The molecular formula is C10H25NO6S. The van der Waals surface area contributed by atoms with Crippen molar-refractivity contribution in [1.82, 2.24) is 6.15 Å². The van der Waals surface area contributed by atoms with Gasteiger partial charge in [0.15, 0.2) is 6.29 Å². The third-order valence-electron chi connectivity index (χ3n) is 1.93. The molecule has 1 unspecified atom stereocenters. The Morgan fingerprint density at radius 3 is 2.33 bits per heavy atom. The molecule has 18 heavy (non-hydrogen) atoms. The highest BCUT2D eigenvalue weighted by Crippen LogP contribution is 2.08. The zero-order valence-electron chi connectivity index (χ0n) is 11.1. The molecule has 8 heteroatoms. The summed E-state index contributed by atoms with van der Waals surface area (Å²) < 4.78 is 36.7. The van der Waals surface area contributed by atoms with Crippen LogP contribution in [0.5, 0.6) is 0 Å². The van der Waals surface area contributed by atoms with Gasteiger partial charge in [-0.05, 0) is 12.8 Å². The molecule has 0 aliphatic rings. The van der Waals surface area contributed by atoms with Gasteiger partial charge in [-0.25, -0.2) is 8.37 Å². The lowest BCUT2D eigenvalue weighted by Crippen LogP contribution is -2.23. The number of hydrogen-bond acceptors (Lipinski definition) is 7. The van der Waals surface area contributed by atoms with E-state index in [2.05, 4.69) is 15.3 Å². The fourth-order valence-corrected chi connectivity index (χ4v) is 1.87. The van der Waals surface area contributed by atoms with Crippen molar-refractivity contribution < 1.29 is 26.6 Å². The minimum Gasteiger partial charge on any atom is -0.394 e. The SMILES string of the molecule is CCCCCOC(CC)OS(=O)(=O)OCCO.N. The van der Waals surface area contributed by atoms with E-state index >= 15 is 0 Å². The minimum absolute atomic E-state index is 0. The molecule has 0 aromatic carbocycles. The van der Waals surface area contributed by atoms with Gasteiger partial charge < -0.3 is 16.0 Å². The Morgan fingerprint density at radius 2 is 1.83 bits per heavy atom. The summed E-state index contributed by atoms with van der Waals surface area (Å²) in [5.74, 6) is 0. The van der Waals surface area contributed by atoms with E-state index in [0.717, 1.165) is 19.3 Å². The van der Waals surface area contributed by atoms with E-state index in [4.69, 9.17) is 9.84 Å². The van der Waals surface area contributed by atoms with E-state index in [9.17, 15) is 8.42 Å². The maximum atomic E-state index is 11.2. The third kappa shape index (κ3) is 10.9. The quantitative estimate of drug-likeness (QED) is 0.435. The second kappa shape index (κ2) is 11.8. The Bertz CT molecular complexity index is 270. The van der Waals surface area contributed by atoms with Crippen LogP contribution >= 0.6 is 0 Å². The summed E-state index contributed by atoms with van der Waals surface area (Å²) in [6.07, 6.45) is 2.56. The number of aliphatic hydroxyl groups excluding tert-OH is 1. The van der Waals surface area contributed by atoms with Crippen LogP contribution in [0.3, 0.4) is 0 Å². The standard InChI is InChI=1S/C10H22O6S.H3N/c1-3-5-6-8-14-10(4-2)16-17(12,13)15-9-7-11;/h10-11H,3-9H2,1-2H3;1H3. The normalized spacial score (nSPS) is 13.1. The van der Waals surface area contributed by atoms with Crippen molar-refractivity contribution >= 4 is 10.4 Å². The van der Waals surface area contributed by atoms with Crippen LogP contribution in [0.4, 0.5) is 0 Å². The first-order valence-electron chi connectivity index (χ1n) is 5.85. The van der Waals surface area contributed by atoms with Gasteiger partial charge in [0.2, 0.25) is 0 Å². The molecule has 0 aromatic rings. The van der Waals surface area contributed by atoms with Crippen molar-refractivity contribution in [2.75, 3.05) is 19.8 Å². The van der Waals surface area contributed by atoms with Crippen LogP contribution in [-0.2, 0) is 23.5 Å². The molecule has 0 saturated heterocycles. The fourth-order valence-electron chi connectivity index (χ4n) is 1.08. The van der Waals surface area contributed by atoms with Crippen LogP contribution in [0.25, 0.3) is 0 Å². The molecule has 0 fully saturated rings. The monoisotopic (exact) mass is 287 g/mol. The first-order chi connectivity index (χ1) is 8.05. The lowest BCUT2D eigenvalue weighted by molar-refractivity contribution is -0.0860. The van der Waals surface area contributed by atoms with Gasteiger partial charge in [-0.15, -0.1) is 0 Å². The summed E-state index contributed by atoms with van der Waals surface area (Å²) in [5.41, 5.74) is 0. The van der Waals surface area contributed by atoms with Crippen molar-refractivity contribution in [3.8, 4) is 0 Å². The summed E-state index contributed by atoms with van der Waals surface area (Å²) in [6.45, 7) is 3.60. The van der Waals surface area contributed by atoms with E-state index in [1.807, 2.05) is 0 Å². The summed E-state index contributed by atoms with van der Waals surface area (Å²) in [6, 6.07) is 0. The first-order valence-corrected chi connectivity index (χ1v) is 7.19. The molecule has 0 amide bonds. The van der Waals surface area contributed by atoms with Crippen LogP contribution in [0.15, 0.2) is 0 Å².